The van der Waals surface area contributed by atoms with Gasteiger partial charge in [-0.1, -0.05) is 12.1 Å². The minimum absolute atomic E-state index is 0.158. The number of rotatable bonds is 8. The number of aromatic nitrogens is 1. The smallest absolute Gasteiger partial charge is 0.299 e. The number of fused-ring (bicyclic) bond motifs is 1. The van der Waals surface area contributed by atoms with Crippen molar-refractivity contribution in [1.29, 1.82) is 0 Å². The molecule has 0 spiro atoms. The van der Waals surface area contributed by atoms with Gasteiger partial charge in [0.1, 0.15) is 5.75 Å². The van der Waals surface area contributed by atoms with Crippen LogP contribution in [0.1, 0.15) is 6.92 Å². The van der Waals surface area contributed by atoms with Gasteiger partial charge in [0.15, 0.2) is 0 Å². The van der Waals surface area contributed by atoms with Crippen molar-refractivity contribution in [3.63, 3.8) is 0 Å². The van der Waals surface area contributed by atoms with Crippen LogP contribution in [0.25, 0.3) is 22.2 Å². The molecule has 3 rings (SSSR count). The number of nitrogens with one attached hydrogen (secondary N) is 2. The molecule has 0 fully saturated rings. The molecule has 0 unspecified atom stereocenters. The molecule has 0 bridgehead atoms. The van der Waals surface area contributed by atoms with Crippen molar-refractivity contribution >= 4 is 44.1 Å². The van der Waals surface area contributed by atoms with E-state index in [1.807, 2.05) is 37.3 Å². The van der Waals surface area contributed by atoms with Gasteiger partial charge >= 0.3 is 0 Å². The molecule has 150 valence electrons. The lowest BCUT2D eigenvalue weighted by atomic mass is 10.1. The van der Waals surface area contributed by atoms with Crippen molar-refractivity contribution in [2.24, 2.45) is 0 Å². The molecule has 28 heavy (non-hydrogen) atoms. The van der Waals surface area contributed by atoms with E-state index in [2.05, 4.69) is 14.0 Å². The maximum absolute atomic E-state index is 11.9. The molecule has 9 heteroatoms. The summed E-state index contributed by atoms with van der Waals surface area (Å²) < 4.78 is 36.1. The first kappa shape index (κ1) is 20.3. The number of aryl methyl sites for hydroxylation is 1. The summed E-state index contributed by atoms with van der Waals surface area (Å²) in [5.41, 5.74) is 10.3. The van der Waals surface area contributed by atoms with Crippen LogP contribution >= 0.6 is 11.6 Å². The highest BCUT2D eigenvalue weighted by Crippen LogP contribution is 2.37. The number of hydrogen-bond acceptors (Lipinski definition) is 4. The lowest BCUT2D eigenvalue weighted by Crippen LogP contribution is -2.31. The molecule has 1 aromatic heterocycles. The Hall–Kier alpha value is -2.42. The van der Waals surface area contributed by atoms with E-state index >= 15 is 0 Å². The van der Waals surface area contributed by atoms with Crippen LogP contribution in [0.15, 0.2) is 42.5 Å². The second kappa shape index (κ2) is 8.30. The monoisotopic (exact) mass is 422 g/mol. The van der Waals surface area contributed by atoms with Crippen LogP contribution in [0.2, 0.25) is 0 Å². The quantitative estimate of drug-likeness (QED) is 0.484. The molecule has 4 N–H and O–H groups in total. The number of nitrogens with two attached hydrogens (primary N) is 1. The molecule has 0 atom stereocenters. The highest BCUT2D eigenvalue weighted by Gasteiger charge is 2.17. The summed E-state index contributed by atoms with van der Waals surface area (Å²) in [5, 5.41) is 0.952. The molecule has 0 saturated heterocycles. The van der Waals surface area contributed by atoms with Crippen molar-refractivity contribution in [3.05, 3.63) is 42.5 Å². The Bertz CT molecular complexity index is 1080. The third kappa shape index (κ3) is 4.04. The van der Waals surface area contributed by atoms with Gasteiger partial charge in [-0.05, 0) is 31.2 Å². The van der Waals surface area contributed by atoms with Gasteiger partial charge in [-0.25, -0.2) is 0 Å². The Balaban J connectivity index is 1.98. The van der Waals surface area contributed by atoms with E-state index in [1.165, 1.54) is 0 Å². The predicted octanol–water partition coefficient (Wildman–Crippen LogP) is 3.40. The summed E-state index contributed by atoms with van der Waals surface area (Å²) in [6.07, 6.45) is 0. The summed E-state index contributed by atoms with van der Waals surface area (Å²) in [6, 6.07) is 12.9. The van der Waals surface area contributed by atoms with Crippen LogP contribution in [-0.4, -0.2) is 32.5 Å². The van der Waals surface area contributed by atoms with Crippen LogP contribution in [0.3, 0.4) is 0 Å². The van der Waals surface area contributed by atoms with E-state index in [4.69, 9.17) is 22.1 Å². The van der Waals surface area contributed by atoms with Gasteiger partial charge in [0, 0.05) is 41.7 Å². The Kier molecular flexibility index (Phi) is 6.02. The molecule has 3 aromatic rings. The molecule has 0 aliphatic rings. The molecule has 0 aliphatic heterocycles. The molecule has 0 amide bonds. The van der Waals surface area contributed by atoms with Crippen molar-refractivity contribution in [2.75, 3.05) is 30.0 Å². The van der Waals surface area contributed by atoms with E-state index in [1.54, 1.807) is 19.2 Å². The molecular formula is C19H23ClN4O3S. The minimum atomic E-state index is -3.65. The van der Waals surface area contributed by atoms with Crippen LogP contribution < -0.4 is 19.9 Å². The number of ether oxygens (including phenoxy) is 1. The summed E-state index contributed by atoms with van der Waals surface area (Å²) in [5.74, 6) is 0.964. The van der Waals surface area contributed by atoms with Crippen LogP contribution in [0, 0.1) is 0 Å². The van der Waals surface area contributed by atoms with E-state index in [0.29, 0.717) is 11.4 Å². The van der Waals surface area contributed by atoms with Crippen molar-refractivity contribution in [3.8, 4) is 17.0 Å². The van der Waals surface area contributed by atoms with Gasteiger partial charge in [-0.15, -0.1) is 11.6 Å². The normalized spacial score (nSPS) is 11.7. The molecule has 1 heterocycles. The number of hydrogen-bond donors (Lipinski definition) is 3. The second-order valence-electron chi connectivity index (χ2n) is 6.16. The van der Waals surface area contributed by atoms with Gasteiger partial charge in [0.2, 0.25) is 0 Å². The first-order valence-electron chi connectivity index (χ1n) is 8.79. The third-order valence-corrected chi connectivity index (χ3v) is 5.70. The highest BCUT2D eigenvalue weighted by molar-refractivity contribution is 7.90. The SMILES string of the molecule is CCn1c(-c2ccc(NS(=O)(=O)NCCCl)cc2)c(N)c2ccc(OC)cc21. The maximum atomic E-state index is 11.9. The van der Waals surface area contributed by atoms with Crippen LogP contribution in [0.4, 0.5) is 11.4 Å². The highest BCUT2D eigenvalue weighted by atomic mass is 35.5. The van der Waals surface area contributed by atoms with E-state index in [9.17, 15) is 8.42 Å². The Morgan fingerprint density at radius 1 is 1.18 bits per heavy atom. The van der Waals surface area contributed by atoms with Gasteiger partial charge < -0.3 is 15.0 Å². The molecule has 0 saturated carbocycles. The average Bonchev–Trinajstić information content (AvgIpc) is 2.98. The van der Waals surface area contributed by atoms with E-state index in [0.717, 1.165) is 34.5 Å². The first-order valence-corrected chi connectivity index (χ1v) is 10.8. The number of anilines is 2. The Morgan fingerprint density at radius 3 is 2.50 bits per heavy atom. The summed E-state index contributed by atoms with van der Waals surface area (Å²) in [6.45, 7) is 2.94. The number of alkyl halides is 1. The summed E-state index contributed by atoms with van der Waals surface area (Å²) in [4.78, 5) is 0. The van der Waals surface area contributed by atoms with Crippen molar-refractivity contribution in [2.45, 2.75) is 13.5 Å². The zero-order valence-corrected chi connectivity index (χ0v) is 17.3. The zero-order chi connectivity index (χ0) is 20.3. The zero-order valence-electron chi connectivity index (χ0n) is 15.7. The fourth-order valence-electron chi connectivity index (χ4n) is 3.18. The fourth-order valence-corrected chi connectivity index (χ4v) is 4.28. The fraction of sp³-hybridized carbons (Fsp3) is 0.263. The molecule has 7 nitrogen and oxygen atoms in total. The van der Waals surface area contributed by atoms with Gasteiger partial charge in [0.25, 0.3) is 10.2 Å². The molecular weight excluding hydrogens is 400 g/mol. The second-order valence-corrected chi connectivity index (χ2v) is 8.03. The third-order valence-electron chi connectivity index (χ3n) is 4.42. The standard InChI is InChI=1S/C19H23ClN4O3S/c1-3-24-17-12-15(27-2)8-9-16(17)18(21)19(24)13-4-6-14(7-5-13)23-28(25,26)22-11-10-20/h4-9,12,22-23H,3,10-11,21H2,1-2H3. The number of halogens is 1. The molecule has 0 aliphatic carbocycles. The average molecular weight is 423 g/mol. The van der Waals surface area contributed by atoms with Crippen LogP contribution in [0.5, 0.6) is 5.75 Å². The van der Waals surface area contributed by atoms with Gasteiger partial charge in [0.05, 0.1) is 24.0 Å². The number of nitrogens with zero attached hydrogens (tertiary/aromatic N) is 1. The number of nitrogen functional groups attached to an aromatic ring is 1. The predicted molar refractivity (Wildman–Crippen MR) is 115 cm³/mol. The van der Waals surface area contributed by atoms with E-state index < -0.39 is 10.2 Å². The topological polar surface area (TPSA) is 98.4 Å². The summed E-state index contributed by atoms with van der Waals surface area (Å²) in [7, 11) is -2.02. The van der Waals surface area contributed by atoms with Gasteiger partial charge in [-0.2, -0.15) is 13.1 Å². The lowest BCUT2D eigenvalue weighted by Gasteiger charge is -2.11. The molecule has 0 radical (unpaired) electrons. The summed E-state index contributed by atoms with van der Waals surface area (Å²) >= 11 is 5.52. The number of benzene rings is 2. The minimum Gasteiger partial charge on any atom is -0.497 e. The van der Waals surface area contributed by atoms with Crippen LogP contribution in [-0.2, 0) is 16.8 Å². The Morgan fingerprint density at radius 2 is 1.89 bits per heavy atom. The van der Waals surface area contributed by atoms with Crippen molar-refractivity contribution < 1.29 is 13.2 Å². The van der Waals surface area contributed by atoms with Crippen molar-refractivity contribution in [1.82, 2.24) is 9.29 Å². The Labute approximate surface area is 169 Å². The largest absolute Gasteiger partial charge is 0.497 e. The lowest BCUT2D eigenvalue weighted by molar-refractivity contribution is 0.415. The first-order chi connectivity index (χ1) is 13.4. The van der Waals surface area contributed by atoms with E-state index in [-0.39, 0.29) is 12.4 Å². The van der Waals surface area contributed by atoms with Gasteiger partial charge in [-0.3, -0.25) is 4.72 Å². The number of methoxy groups -OCH3 is 1. The maximum Gasteiger partial charge on any atom is 0.299 e. The molecule has 2 aromatic carbocycles.